The third-order valence-electron chi connectivity index (χ3n) is 10.4. The molecule has 0 radical (unpaired) electrons. The monoisotopic (exact) mass is 577 g/mol. The van der Waals surface area contributed by atoms with Crippen LogP contribution in [0.1, 0.15) is 81.0 Å². The Balaban J connectivity index is 1.48. The molecule has 9 heteroatoms. The van der Waals surface area contributed by atoms with Gasteiger partial charge in [0.25, 0.3) is 0 Å². The second-order valence-corrected chi connectivity index (χ2v) is 12.4. The molecule has 1 aliphatic heterocycles. The lowest BCUT2D eigenvalue weighted by molar-refractivity contribution is -0.228. The minimum atomic E-state index is -5.06. The van der Waals surface area contributed by atoms with Crippen molar-refractivity contribution in [3.63, 3.8) is 0 Å². The Labute approximate surface area is 236 Å². The van der Waals surface area contributed by atoms with Crippen LogP contribution in [0.25, 0.3) is 0 Å². The Morgan fingerprint density at radius 1 is 1.00 bits per heavy atom. The lowest BCUT2D eigenvalue weighted by Gasteiger charge is -2.45. The van der Waals surface area contributed by atoms with E-state index in [0.717, 1.165) is 11.1 Å². The smallest absolute Gasteiger partial charge is 0.426 e. The van der Waals surface area contributed by atoms with Gasteiger partial charge in [-0.2, -0.15) is 13.2 Å². The van der Waals surface area contributed by atoms with E-state index in [1.54, 1.807) is 18.2 Å². The van der Waals surface area contributed by atoms with Gasteiger partial charge in [0, 0.05) is 23.9 Å². The van der Waals surface area contributed by atoms with Crippen LogP contribution in [0.3, 0.4) is 0 Å². The van der Waals surface area contributed by atoms with Crippen molar-refractivity contribution in [3.8, 4) is 0 Å². The van der Waals surface area contributed by atoms with Gasteiger partial charge in [-0.1, -0.05) is 37.3 Å². The number of amides is 1. The van der Waals surface area contributed by atoms with Crippen LogP contribution < -0.4 is 0 Å². The topological polar surface area (TPSA) is 57.6 Å². The summed E-state index contributed by atoms with van der Waals surface area (Å²) in [6, 6.07) is 10.0. The largest absolute Gasteiger partial charge is 0.481 e. The normalized spacial score (nSPS) is 29.4. The molecule has 222 valence electrons. The number of benzene rings is 2. The minimum Gasteiger partial charge on any atom is -0.481 e. The van der Waals surface area contributed by atoms with Gasteiger partial charge in [0.05, 0.1) is 5.41 Å². The van der Waals surface area contributed by atoms with Crippen molar-refractivity contribution in [2.45, 2.75) is 94.9 Å². The number of rotatable bonds is 6. The number of fused-ring (bicyclic) bond motifs is 3. The van der Waals surface area contributed by atoms with E-state index in [9.17, 15) is 36.6 Å². The first-order valence-corrected chi connectivity index (χ1v) is 14.4. The van der Waals surface area contributed by atoms with Crippen molar-refractivity contribution in [1.82, 2.24) is 4.90 Å². The Morgan fingerprint density at radius 3 is 2.24 bits per heavy atom. The average Bonchev–Trinajstić information content (AvgIpc) is 3.32. The van der Waals surface area contributed by atoms with Crippen molar-refractivity contribution in [3.05, 3.63) is 70.5 Å². The molecule has 1 saturated carbocycles. The van der Waals surface area contributed by atoms with E-state index in [1.807, 2.05) is 11.8 Å². The van der Waals surface area contributed by atoms with E-state index in [2.05, 4.69) is 0 Å². The van der Waals surface area contributed by atoms with Gasteiger partial charge >= 0.3 is 12.1 Å². The van der Waals surface area contributed by atoms with Crippen LogP contribution >= 0.6 is 0 Å². The van der Waals surface area contributed by atoms with Crippen LogP contribution in [-0.2, 0) is 33.5 Å². The van der Waals surface area contributed by atoms with E-state index in [1.165, 1.54) is 24.3 Å². The highest BCUT2D eigenvalue weighted by Gasteiger charge is 2.56. The first kappa shape index (κ1) is 29.5. The van der Waals surface area contributed by atoms with Gasteiger partial charge in [0.1, 0.15) is 5.82 Å². The minimum absolute atomic E-state index is 0.000419. The van der Waals surface area contributed by atoms with Crippen LogP contribution in [0.4, 0.5) is 22.0 Å². The molecule has 1 saturated heterocycles. The Hall–Kier alpha value is -2.97. The summed E-state index contributed by atoms with van der Waals surface area (Å²) in [6.07, 6.45) is -0.707. The summed E-state index contributed by atoms with van der Waals surface area (Å²) in [7, 11) is 0. The summed E-state index contributed by atoms with van der Waals surface area (Å²) in [5.74, 6) is -1.47. The number of halogens is 5. The van der Waals surface area contributed by atoms with E-state index in [4.69, 9.17) is 0 Å². The van der Waals surface area contributed by atoms with Crippen LogP contribution in [-0.4, -0.2) is 40.6 Å². The number of hydrogen-bond acceptors (Lipinski definition) is 2. The average molecular weight is 578 g/mol. The van der Waals surface area contributed by atoms with Crippen molar-refractivity contribution in [2.75, 3.05) is 6.54 Å². The number of carboxylic acids is 1. The number of likely N-dealkylation sites (tertiary alicyclic amines) is 1. The SMILES string of the molecule is CC[C@]1(C(=O)O)CC[C@H](C(=O)N2CC[C@@]3(Cc4ccc(F)cc4)c4ccc(C(C)(F)C(F)(F)F)cc4CC[C@@H]23)CC1. The number of carboxylic acid groups (broad SMARTS) is 1. The number of nitrogens with zero attached hydrogens (tertiary/aromatic N) is 1. The quantitative estimate of drug-likeness (QED) is 0.368. The lowest BCUT2D eigenvalue weighted by atomic mass is 9.63. The summed E-state index contributed by atoms with van der Waals surface area (Å²) in [5.41, 5.74) is -3.04. The Bertz CT molecular complexity index is 1310. The summed E-state index contributed by atoms with van der Waals surface area (Å²) >= 11 is 0. The van der Waals surface area contributed by atoms with Gasteiger partial charge in [0.2, 0.25) is 11.6 Å². The number of carbonyl (C=O) groups is 2. The summed E-state index contributed by atoms with van der Waals surface area (Å²) < 4.78 is 69.1. The van der Waals surface area contributed by atoms with Crippen molar-refractivity contribution in [2.24, 2.45) is 11.3 Å². The van der Waals surface area contributed by atoms with E-state index in [-0.39, 0.29) is 23.7 Å². The third-order valence-corrected chi connectivity index (χ3v) is 10.4. The maximum Gasteiger partial charge on any atom is 0.426 e. The molecule has 1 N–H and O–H groups in total. The number of aliphatic carboxylic acids is 1. The third kappa shape index (κ3) is 4.93. The molecule has 2 fully saturated rings. The second-order valence-electron chi connectivity index (χ2n) is 12.4. The fourth-order valence-corrected chi connectivity index (χ4v) is 7.62. The molecule has 1 heterocycles. The molecule has 5 rings (SSSR count). The molecule has 0 bridgehead atoms. The molecule has 1 amide bonds. The molecule has 3 atom stereocenters. The molecular weight excluding hydrogens is 541 g/mol. The maximum atomic E-state index is 14.9. The molecule has 2 aliphatic carbocycles. The zero-order chi connectivity index (χ0) is 29.8. The highest BCUT2D eigenvalue weighted by Crippen LogP contribution is 2.52. The number of carbonyl (C=O) groups excluding carboxylic acids is 1. The number of aryl methyl sites for hydroxylation is 1. The van der Waals surface area contributed by atoms with Crippen LogP contribution in [0.2, 0.25) is 0 Å². The second kappa shape index (κ2) is 10.4. The van der Waals surface area contributed by atoms with Gasteiger partial charge in [-0.05, 0) is 99.1 Å². The molecule has 3 aliphatic rings. The Kier molecular flexibility index (Phi) is 7.48. The summed E-state index contributed by atoms with van der Waals surface area (Å²) in [5, 5.41) is 9.77. The van der Waals surface area contributed by atoms with Crippen molar-refractivity contribution < 1.29 is 36.6 Å². The van der Waals surface area contributed by atoms with Gasteiger partial charge in [0.15, 0.2) is 0 Å². The molecule has 2 aromatic carbocycles. The zero-order valence-electron chi connectivity index (χ0n) is 23.4. The van der Waals surface area contributed by atoms with Gasteiger partial charge < -0.3 is 10.0 Å². The van der Waals surface area contributed by atoms with E-state index >= 15 is 0 Å². The number of alkyl halides is 4. The van der Waals surface area contributed by atoms with Gasteiger partial charge in [-0.15, -0.1) is 0 Å². The standard InChI is InChI=1S/C32H36F5NO3/c1-3-30(28(40)41)14-12-21(13-15-30)27(39)38-17-16-31(19-20-4-8-24(33)9-5-20)25-10-7-23(29(2,34)32(35,36)37)18-22(25)6-11-26(31)38/h4-5,7-10,18,21,26H,3,6,11-17,19H2,1-2H3,(H,40,41)/t21-,26-,29?,30-,31-/m1/s1. The molecule has 4 nitrogen and oxygen atoms in total. The molecular formula is C32H36F5NO3. The van der Waals surface area contributed by atoms with Crippen molar-refractivity contribution >= 4 is 11.9 Å². The van der Waals surface area contributed by atoms with Gasteiger partial charge in [-0.25, -0.2) is 8.78 Å². The first-order chi connectivity index (χ1) is 19.2. The predicted octanol–water partition coefficient (Wildman–Crippen LogP) is 7.27. The van der Waals surface area contributed by atoms with Crippen molar-refractivity contribution in [1.29, 1.82) is 0 Å². The zero-order valence-corrected chi connectivity index (χ0v) is 23.4. The number of hydrogen-bond donors (Lipinski definition) is 1. The van der Waals surface area contributed by atoms with Crippen LogP contribution in [0, 0.1) is 17.2 Å². The molecule has 1 unspecified atom stereocenters. The fourth-order valence-electron chi connectivity index (χ4n) is 7.62. The fraction of sp³-hybridized carbons (Fsp3) is 0.562. The lowest BCUT2D eigenvalue weighted by Crippen LogP contribution is -2.51. The maximum absolute atomic E-state index is 14.9. The molecule has 2 aromatic rings. The van der Waals surface area contributed by atoms with Gasteiger partial charge in [-0.3, -0.25) is 9.59 Å². The molecule has 41 heavy (non-hydrogen) atoms. The molecule has 0 spiro atoms. The van der Waals surface area contributed by atoms with Crippen LogP contribution in [0.15, 0.2) is 42.5 Å². The van der Waals surface area contributed by atoms with Crippen LogP contribution in [0.5, 0.6) is 0 Å². The first-order valence-electron chi connectivity index (χ1n) is 14.4. The predicted molar refractivity (Wildman–Crippen MR) is 143 cm³/mol. The Morgan fingerprint density at radius 2 is 1.66 bits per heavy atom. The molecule has 0 aromatic heterocycles. The highest BCUT2D eigenvalue weighted by atomic mass is 19.4. The summed E-state index contributed by atoms with van der Waals surface area (Å²) in [4.78, 5) is 27.7. The summed E-state index contributed by atoms with van der Waals surface area (Å²) in [6.45, 7) is 2.86. The van der Waals surface area contributed by atoms with E-state index in [0.29, 0.717) is 76.8 Å². The highest BCUT2D eigenvalue weighted by molar-refractivity contribution is 5.81. The van der Waals surface area contributed by atoms with E-state index < -0.39 is 34.2 Å².